The Morgan fingerprint density at radius 3 is 2.16 bits per heavy atom. The molecule has 102 valence electrons. The van der Waals surface area contributed by atoms with Crippen LogP contribution in [0.4, 0.5) is 0 Å². The van der Waals surface area contributed by atoms with E-state index in [1.54, 1.807) is 11.2 Å². The third kappa shape index (κ3) is 4.58. The first kappa shape index (κ1) is 15.0. The number of rotatable bonds is 5. The second-order valence-corrected chi connectivity index (χ2v) is 4.73. The van der Waals surface area contributed by atoms with E-state index in [1.807, 2.05) is 70.3 Å². The smallest absolute Gasteiger partial charge is 0.196 e. The Labute approximate surface area is 115 Å². The van der Waals surface area contributed by atoms with Crippen LogP contribution in [0.2, 0.25) is 0 Å². The second kappa shape index (κ2) is 6.73. The molecule has 0 unspecified atom stereocenters. The molecule has 1 aromatic rings. The van der Waals surface area contributed by atoms with Crippen molar-refractivity contribution in [1.29, 1.82) is 0 Å². The number of carbonyl (C=O) groups excluding carboxylic acids is 1. The number of hydrogen-bond donors (Lipinski definition) is 0. The molecule has 19 heavy (non-hydrogen) atoms. The molecule has 0 amide bonds. The van der Waals surface area contributed by atoms with Crippen LogP contribution in [0, 0.1) is 0 Å². The van der Waals surface area contributed by atoms with Crippen molar-refractivity contribution in [2.75, 3.05) is 28.2 Å². The van der Waals surface area contributed by atoms with Gasteiger partial charge < -0.3 is 9.91 Å². The zero-order valence-electron chi connectivity index (χ0n) is 12.2. The van der Waals surface area contributed by atoms with Crippen molar-refractivity contribution in [1.82, 2.24) is 9.91 Å². The van der Waals surface area contributed by atoms with Crippen molar-refractivity contribution in [3.8, 4) is 0 Å². The van der Waals surface area contributed by atoms with Gasteiger partial charge in [0.05, 0.1) is 11.3 Å². The van der Waals surface area contributed by atoms with Crippen LogP contribution in [0.5, 0.6) is 0 Å². The molecule has 0 aliphatic heterocycles. The third-order valence-corrected chi connectivity index (χ3v) is 2.41. The summed E-state index contributed by atoms with van der Waals surface area (Å²) < 4.78 is 0. The molecule has 0 heterocycles. The van der Waals surface area contributed by atoms with Gasteiger partial charge in [0, 0.05) is 40.0 Å². The molecule has 0 spiro atoms. The lowest BCUT2D eigenvalue weighted by molar-refractivity contribution is 0.103. The highest BCUT2D eigenvalue weighted by Crippen LogP contribution is 2.11. The molecule has 4 heteroatoms. The van der Waals surface area contributed by atoms with Gasteiger partial charge in [0.2, 0.25) is 0 Å². The van der Waals surface area contributed by atoms with E-state index in [1.165, 1.54) is 0 Å². The number of benzene rings is 1. The first-order chi connectivity index (χ1) is 8.91. The number of hydrazone groups is 1. The number of ketones is 1. The quantitative estimate of drug-likeness (QED) is 0.352. The van der Waals surface area contributed by atoms with Crippen LogP contribution in [0.1, 0.15) is 17.3 Å². The van der Waals surface area contributed by atoms with Crippen molar-refractivity contribution in [2.24, 2.45) is 5.10 Å². The summed E-state index contributed by atoms with van der Waals surface area (Å²) in [6.45, 7) is 1.84. The Kier molecular flexibility index (Phi) is 5.30. The average Bonchev–Trinajstić information content (AvgIpc) is 2.35. The van der Waals surface area contributed by atoms with Crippen molar-refractivity contribution >= 4 is 11.5 Å². The molecule has 0 saturated carbocycles. The summed E-state index contributed by atoms with van der Waals surface area (Å²) in [5, 5.41) is 6.00. The molecule has 4 nitrogen and oxygen atoms in total. The Bertz CT molecular complexity index is 487. The average molecular weight is 259 g/mol. The summed E-state index contributed by atoms with van der Waals surface area (Å²) in [5.74, 6) is -0.0163. The highest BCUT2D eigenvalue weighted by molar-refractivity contribution is 6.27. The van der Waals surface area contributed by atoms with Gasteiger partial charge in [-0.25, -0.2) is 0 Å². The summed E-state index contributed by atoms with van der Waals surface area (Å²) in [7, 11) is 7.45. The lowest BCUT2D eigenvalue weighted by atomic mass is 10.0. The van der Waals surface area contributed by atoms with E-state index in [2.05, 4.69) is 5.10 Å². The van der Waals surface area contributed by atoms with Crippen LogP contribution < -0.4 is 0 Å². The van der Waals surface area contributed by atoms with Crippen molar-refractivity contribution in [3.63, 3.8) is 0 Å². The summed E-state index contributed by atoms with van der Waals surface area (Å²) >= 11 is 0. The second-order valence-electron chi connectivity index (χ2n) is 4.73. The Hall–Kier alpha value is -2.10. The van der Waals surface area contributed by atoms with Gasteiger partial charge in [-0.2, -0.15) is 5.10 Å². The van der Waals surface area contributed by atoms with E-state index in [-0.39, 0.29) is 5.78 Å². The minimum atomic E-state index is -0.0163. The van der Waals surface area contributed by atoms with Gasteiger partial charge >= 0.3 is 0 Å². The lowest BCUT2D eigenvalue weighted by Crippen LogP contribution is -2.18. The van der Waals surface area contributed by atoms with Crippen LogP contribution in [0.15, 0.2) is 47.2 Å². The molecule has 0 fully saturated rings. The highest BCUT2D eigenvalue weighted by Gasteiger charge is 2.15. The van der Waals surface area contributed by atoms with Crippen LogP contribution in [-0.4, -0.2) is 49.6 Å². The summed E-state index contributed by atoms with van der Waals surface area (Å²) in [6.07, 6.45) is 1.80. The normalized spacial score (nSPS) is 12.3. The van der Waals surface area contributed by atoms with Crippen molar-refractivity contribution in [2.45, 2.75) is 6.92 Å². The Morgan fingerprint density at radius 2 is 1.68 bits per heavy atom. The Balaban J connectivity index is 3.16. The highest BCUT2D eigenvalue weighted by atomic mass is 16.1. The van der Waals surface area contributed by atoms with Crippen LogP contribution >= 0.6 is 0 Å². The van der Waals surface area contributed by atoms with Gasteiger partial charge in [0.25, 0.3) is 0 Å². The minimum absolute atomic E-state index is 0.0163. The van der Waals surface area contributed by atoms with Gasteiger partial charge in [0.1, 0.15) is 0 Å². The Morgan fingerprint density at radius 1 is 1.11 bits per heavy atom. The number of Topliss-reactive ketones (excluding diaryl/α,β-unsaturated/α-hetero) is 1. The number of nitrogens with zero attached hydrogens (tertiary/aromatic N) is 3. The topological polar surface area (TPSA) is 35.9 Å². The molecule has 0 aliphatic carbocycles. The fraction of sp³-hybridized carbons (Fsp3) is 0.333. The number of carbonyl (C=O) groups is 1. The molecule has 0 bridgehead atoms. The molecule has 1 rings (SSSR count). The fourth-order valence-corrected chi connectivity index (χ4v) is 1.67. The molecule has 1 aromatic carbocycles. The molecule has 0 radical (unpaired) electrons. The maximum atomic E-state index is 12.5. The first-order valence-electron chi connectivity index (χ1n) is 6.12. The predicted molar refractivity (Wildman–Crippen MR) is 79.3 cm³/mol. The summed E-state index contributed by atoms with van der Waals surface area (Å²) in [6, 6.07) is 9.24. The van der Waals surface area contributed by atoms with Gasteiger partial charge in [-0.1, -0.05) is 30.3 Å². The van der Waals surface area contributed by atoms with Gasteiger partial charge in [0.15, 0.2) is 5.78 Å². The standard InChI is InChI=1S/C15H21N3O/c1-12(16-18(4)5)14(11-17(2)3)15(19)13-9-7-6-8-10-13/h6-11H,1-5H3/b14-11-,16-12+. The fourth-order valence-electron chi connectivity index (χ4n) is 1.67. The zero-order valence-corrected chi connectivity index (χ0v) is 12.2. The predicted octanol–water partition coefficient (Wildman–Crippen LogP) is 2.25. The maximum Gasteiger partial charge on any atom is 0.196 e. The first-order valence-corrected chi connectivity index (χ1v) is 6.12. The van der Waals surface area contributed by atoms with E-state index >= 15 is 0 Å². The molecular weight excluding hydrogens is 238 g/mol. The third-order valence-electron chi connectivity index (χ3n) is 2.41. The minimum Gasteiger partial charge on any atom is -0.383 e. The SMILES string of the molecule is CC(=N\N(C)C)/C(=C/N(C)C)C(=O)c1ccccc1. The van der Waals surface area contributed by atoms with Crippen molar-refractivity contribution in [3.05, 3.63) is 47.7 Å². The summed E-state index contributed by atoms with van der Waals surface area (Å²) in [5.41, 5.74) is 1.97. The van der Waals surface area contributed by atoms with Crippen LogP contribution in [0.3, 0.4) is 0 Å². The molecule has 0 atom stereocenters. The number of hydrogen-bond acceptors (Lipinski definition) is 4. The molecule has 0 aromatic heterocycles. The van der Waals surface area contributed by atoms with E-state index < -0.39 is 0 Å². The van der Waals surface area contributed by atoms with Gasteiger partial charge in [-0.3, -0.25) is 4.79 Å². The molecule has 0 saturated heterocycles. The zero-order chi connectivity index (χ0) is 14.4. The maximum absolute atomic E-state index is 12.5. The molecule has 0 N–H and O–H groups in total. The van der Waals surface area contributed by atoms with Gasteiger partial charge in [-0.15, -0.1) is 0 Å². The number of allylic oxidation sites excluding steroid dienone is 1. The molecular formula is C15H21N3O. The van der Waals surface area contributed by atoms with Gasteiger partial charge in [-0.05, 0) is 6.92 Å². The van der Waals surface area contributed by atoms with E-state index in [0.717, 1.165) is 0 Å². The van der Waals surface area contributed by atoms with Crippen molar-refractivity contribution < 1.29 is 4.79 Å². The largest absolute Gasteiger partial charge is 0.383 e. The van der Waals surface area contributed by atoms with E-state index in [4.69, 9.17) is 0 Å². The van der Waals surface area contributed by atoms with Crippen LogP contribution in [0.25, 0.3) is 0 Å². The van der Waals surface area contributed by atoms with Crippen LogP contribution in [-0.2, 0) is 0 Å². The molecule has 0 aliphatic rings. The van der Waals surface area contributed by atoms with E-state index in [9.17, 15) is 4.79 Å². The summed E-state index contributed by atoms with van der Waals surface area (Å²) in [4.78, 5) is 14.4. The lowest BCUT2D eigenvalue weighted by Gasteiger charge is -2.13. The monoisotopic (exact) mass is 259 g/mol. The van der Waals surface area contributed by atoms with E-state index in [0.29, 0.717) is 16.8 Å².